The molecule has 1 aromatic rings. The Balaban J connectivity index is 2.11. The predicted molar refractivity (Wildman–Crippen MR) is 180 cm³/mol. The quantitative estimate of drug-likeness (QED) is 0.300. The lowest BCUT2D eigenvalue weighted by Crippen LogP contribution is -2.59. The highest BCUT2D eigenvalue weighted by atomic mass is 16.7. The van der Waals surface area contributed by atoms with Gasteiger partial charge in [-0.25, -0.2) is 14.6 Å². The number of carbonyl (C=O) groups is 4. The Labute approximate surface area is 290 Å². The van der Waals surface area contributed by atoms with E-state index in [0.29, 0.717) is 17.6 Å². The van der Waals surface area contributed by atoms with Gasteiger partial charge in [0, 0.05) is 43.8 Å². The van der Waals surface area contributed by atoms with Crippen LogP contribution in [0, 0.1) is 11.8 Å². The molecule has 3 rings (SSSR count). The van der Waals surface area contributed by atoms with Gasteiger partial charge in [-0.05, 0) is 79.6 Å². The van der Waals surface area contributed by atoms with Crippen LogP contribution in [0.3, 0.4) is 0 Å². The van der Waals surface area contributed by atoms with Crippen molar-refractivity contribution in [2.24, 2.45) is 11.8 Å². The van der Waals surface area contributed by atoms with Gasteiger partial charge in [0.05, 0.1) is 23.9 Å². The second-order valence-electron chi connectivity index (χ2n) is 14.0. The number of carbonyl (C=O) groups excluding carboxylic acids is 4. The molecule has 274 valence electrons. The summed E-state index contributed by atoms with van der Waals surface area (Å²) in [5.41, 5.74) is -2.00. The van der Waals surface area contributed by atoms with Crippen molar-refractivity contribution in [3.05, 3.63) is 41.5 Å². The monoisotopic (exact) mass is 689 g/mol. The Kier molecular flexibility index (Phi) is 13.5. The van der Waals surface area contributed by atoms with Gasteiger partial charge in [0.15, 0.2) is 23.8 Å². The molecule has 0 radical (unpaired) electrons. The zero-order valence-electron chi connectivity index (χ0n) is 31.0. The van der Waals surface area contributed by atoms with E-state index in [9.17, 15) is 19.2 Å². The first-order chi connectivity index (χ1) is 22.8. The number of likely N-dealkylation sites (N-methyl/N-ethyl adjacent to an activating group) is 1. The Hall–Kier alpha value is -3.39. The van der Waals surface area contributed by atoms with E-state index in [4.69, 9.17) is 28.4 Å². The number of Topliss-reactive ketones (excluding diaryl/α,β-unsaturated/α-hetero) is 1. The van der Waals surface area contributed by atoms with Crippen LogP contribution < -0.4 is 0 Å². The largest absolute Gasteiger partial charge is 0.455 e. The number of hydrogen-bond donors (Lipinski definition) is 1. The van der Waals surface area contributed by atoms with E-state index in [1.807, 2.05) is 39.8 Å². The van der Waals surface area contributed by atoms with Crippen molar-refractivity contribution in [1.29, 1.82) is 0 Å². The normalized spacial score (nSPS) is 37.2. The Bertz CT molecular complexity index is 1390. The van der Waals surface area contributed by atoms with Crippen molar-refractivity contribution in [3.63, 3.8) is 0 Å². The molecular weight excluding hydrogens is 634 g/mol. The van der Waals surface area contributed by atoms with E-state index in [0.717, 1.165) is 0 Å². The van der Waals surface area contributed by atoms with Gasteiger partial charge in [-0.1, -0.05) is 26.8 Å². The molecular formula is C36H55N3O10. The first-order valence-corrected chi connectivity index (χ1v) is 16.9. The minimum Gasteiger partial charge on any atom is -0.455 e. The number of rotatable bonds is 8. The second kappa shape index (κ2) is 16.5. The molecule has 3 heterocycles. The van der Waals surface area contributed by atoms with Gasteiger partial charge in [0.1, 0.15) is 6.10 Å². The zero-order chi connectivity index (χ0) is 36.8. The summed E-state index contributed by atoms with van der Waals surface area (Å²) in [7, 11) is 5.37. The van der Waals surface area contributed by atoms with Crippen LogP contribution >= 0.6 is 0 Å². The molecule has 1 fully saturated rings. The maximum absolute atomic E-state index is 14.0. The van der Waals surface area contributed by atoms with E-state index in [1.54, 1.807) is 53.9 Å². The molecule has 2 aliphatic heterocycles. The number of methoxy groups -OCH3 is 1. The summed E-state index contributed by atoms with van der Waals surface area (Å²) in [6.07, 6.45) is 3.65. The predicted octanol–water partition coefficient (Wildman–Crippen LogP) is 4.57. The summed E-state index contributed by atoms with van der Waals surface area (Å²) in [6.45, 7) is 15.5. The van der Waals surface area contributed by atoms with Crippen LogP contribution in [-0.2, 0) is 42.8 Å². The van der Waals surface area contributed by atoms with E-state index < -0.39 is 65.5 Å². The third-order valence-corrected chi connectivity index (χ3v) is 9.53. The summed E-state index contributed by atoms with van der Waals surface area (Å²) < 4.78 is 37.0. The lowest BCUT2D eigenvalue weighted by molar-refractivity contribution is -0.297. The molecule has 13 nitrogen and oxygen atoms in total. The fraction of sp³-hybridized carbons (Fsp3) is 0.694. The molecule has 0 spiro atoms. The van der Waals surface area contributed by atoms with Crippen molar-refractivity contribution >= 4 is 23.7 Å². The van der Waals surface area contributed by atoms with Crippen molar-refractivity contribution in [2.45, 2.75) is 130 Å². The number of ketones is 1. The summed E-state index contributed by atoms with van der Waals surface area (Å²) in [4.78, 5) is 61.7. The highest BCUT2D eigenvalue weighted by Gasteiger charge is 2.48. The Morgan fingerprint density at radius 2 is 1.80 bits per heavy atom. The van der Waals surface area contributed by atoms with E-state index >= 15 is 0 Å². The number of allylic oxidation sites excluding steroid dienone is 1. The fourth-order valence-electron chi connectivity index (χ4n) is 7.02. The number of aromatic nitrogens is 2. The molecule has 0 bridgehead atoms. The topological polar surface area (TPSA) is 156 Å². The fourth-order valence-corrected chi connectivity index (χ4v) is 7.02. The average Bonchev–Trinajstić information content (AvgIpc) is 3.57. The summed E-state index contributed by atoms with van der Waals surface area (Å²) in [5, 5.41) is 0. The minimum atomic E-state index is -1.51. The van der Waals surface area contributed by atoms with Crippen LogP contribution in [0.2, 0.25) is 0 Å². The van der Waals surface area contributed by atoms with E-state index in [1.165, 1.54) is 19.3 Å². The molecule has 0 saturated carbocycles. The van der Waals surface area contributed by atoms with E-state index in [2.05, 4.69) is 9.97 Å². The SMILES string of the molecule is CCC1OC(=O)/C(C)=C/[C@H](C)[C@@H](O[C@@H]2O[C@H](C)C[C@H](N(C)C)[C@H]2OC(C)=O)[C@](C)(OC)C[C@@H](C)C(=O)/C(C)=C/[C@]1(C)OC(=O)c1ncc[nH]1. The number of imidazole rings is 1. The van der Waals surface area contributed by atoms with E-state index in [-0.39, 0.29) is 36.6 Å². The third-order valence-electron chi connectivity index (χ3n) is 9.53. The standard InChI is InChI=1S/C36H55N3O10/c1-13-27-35(8,49-33(43)31-37-14-15-38-31)18-22(4)28(41)23(5)19-36(9,44-12)30(20(2)16-21(3)32(42)47-27)48-34-29(46-25(7)40)26(39(10)11)17-24(6)45-34/h14-16,18,20,23-24,26-27,29-30,34H,13,17,19H2,1-12H3,(H,37,38)/b21-16+,22-18+/t20-,23+,24+,26-,27?,29+,30+,34-,35-,36+/m0/s1. The Morgan fingerprint density at radius 3 is 2.35 bits per heavy atom. The van der Waals surface area contributed by atoms with Gasteiger partial charge < -0.3 is 38.3 Å². The first kappa shape index (κ1) is 40.0. The zero-order valence-corrected chi connectivity index (χ0v) is 31.0. The van der Waals surface area contributed by atoms with Crippen molar-refractivity contribution < 1.29 is 47.6 Å². The van der Waals surface area contributed by atoms with Crippen LogP contribution in [0.4, 0.5) is 0 Å². The van der Waals surface area contributed by atoms with Gasteiger partial charge >= 0.3 is 17.9 Å². The van der Waals surface area contributed by atoms with Crippen molar-refractivity contribution in [3.8, 4) is 0 Å². The summed E-state index contributed by atoms with van der Waals surface area (Å²) >= 11 is 0. The number of aromatic amines is 1. The molecule has 0 aromatic carbocycles. The van der Waals surface area contributed by atoms with Crippen LogP contribution in [0.25, 0.3) is 0 Å². The first-order valence-electron chi connectivity index (χ1n) is 16.9. The number of cyclic esters (lactones) is 1. The van der Waals surface area contributed by atoms with Gasteiger partial charge in [0.25, 0.3) is 0 Å². The van der Waals surface area contributed by atoms with Crippen LogP contribution in [0.1, 0.15) is 92.2 Å². The molecule has 0 aliphatic carbocycles. The van der Waals surface area contributed by atoms with Gasteiger partial charge in [-0.3, -0.25) is 9.59 Å². The number of ether oxygens (including phenoxy) is 6. The molecule has 0 amide bonds. The lowest BCUT2D eigenvalue weighted by atomic mass is 9.79. The Morgan fingerprint density at radius 1 is 1.12 bits per heavy atom. The number of nitrogens with zero attached hydrogens (tertiary/aromatic N) is 2. The highest BCUT2D eigenvalue weighted by molar-refractivity contribution is 5.97. The second-order valence-corrected chi connectivity index (χ2v) is 14.0. The van der Waals surface area contributed by atoms with Crippen LogP contribution in [0.15, 0.2) is 35.7 Å². The van der Waals surface area contributed by atoms with Gasteiger partial charge in [-0.2, -0.15) is 0 Å². The molecule has 1 N–H and O–H groups in total. The molecule has 13 heteroatoms. The molecule has 49 heavy (non-hydrogen) atoms. The van der Waals surface area contributed by atoms with Gasteiger partial charge in [0.2, 0.25) is 5.82 Å². The lowest BCUT2D eigenvalue weighted by Gasteiger charge is -2.47. The summed E-state index contributed by atoms with van der Waals surface area (Å²) in [5.74, 6) is -3.17. The average molecular weight is 690 g/mol. The molecule has 1 saturated heterocycles. The van der Waals surface area contributed by atoms with Crippen LogP contribution in [-0.4, -0.2) is 108 Å². The third kappa shape index (κ3) is 9.65. The minimum absolute atomic E-state index is 0.0245. The molecule has 2 aliphatic rings. The van der Waals surface area contributed by atoms with Crippen molar-refractivity contribution in [1.82, 2.24) is 14.9 Å². The number of hydrogen-bond acceptors (Lipinski definition) is 12. The highest BCUT2D eigenvalue weighted by Crippen LogP contribution is 2.38. The maximum Gasteiger partial charge on any atom is 0.375 e. The van der Waals surface area contributed by atoms with Gasteiger partial charge in [-0.15, -0.1) is 0 Å². The maximum atomic E-state index is 14.0. The van der Waals surface area contributed by atoms with Crippen LogP contribution in [0.5, 0.6) is 0 Å². The van der Waals surface area contributed by atoms with Crippen molar-refractivity contribution in [2.75, 3.05) is 21.2 Å². The smallest absolute Gasteiger partial charge is 0.375 e. The molecule has 1 aromatic heterocycles. The number of nitrogens with one attached hydrogen (secondary N) is 1. The summed E-state index contributed by atoms with van der Waals surface area (Å²) in [6, 6.07) is -0.192. The number of H-pyrrole nitrogens is 1. The molecule has 10 atom stereocenters. The molecule has 1 unspecified atom stereocenters. The number of esters is 3.